The van der Waals surface area contributed by atoms with Crippen molar-refractivity contribution in [1.29, 1.82) is 0 Å². The van der Waals surface area contributed by atoms with Gasteiger partial charge in [-0.15, -0.1) is 0 Å². The van der Waals surface area contributed by atoms with Crippen molar-refractivity contribution < 1.29 is 9.47 Å². The van der Waals surface area contributed by atoms with Crippen LogP contribution in [0.15, 0.2) is 18.2 Å². The summed E-state index contributed by atoms with van der Waals surface area (Å²) in [6.07, 6.45) is 4.49. The van der Waals surface area contributed by atoms with Gasteiger partial charge in [-0.1, -0.05) is 13.0 Å². The summed E-state index contributed by atoms with van der Waals surface area (Å²) in [7, 11) is 0. The molecule has 1 aliphatic rings. The summed E-state index contributed by atoms with van der Waals surface area (Å²) in [5.74, 6) is 1.81. The van der Waals surface area contributed by atoms with Crippen molar-refractivity contribution >= 4 is 0 Å². The van der Waals surface area contributed by atoms with Gasteiger partial charge in [0.25, 0.3) is 0 Å². The molecule has 1 aromatic rings. The zero-order chi connectivity index (χ0) is 14.9. The third-order valence-electron chi connectivity index (χ3n) is 3.79. The average Bonchev–Trinajstić information content (AvgIpc) is 3.01. The SMILES string of the molecule is CCCOc1ccc(CCN)c(OCCN2CCCC2)c1. The van der Waals surface area contributed by atoms with Crippen LogP contribution in [0.25, 0.3) is 0 Å². The van der Waals surface area contributed by atoms with Gasteiger partial charge in [-0.2, -0.15) is 0 Å². The lowest BCUT2D eigenvalue weighted by molar-refractivity contribution is 0.235. The maximum Gasteiger partial charge on any atom is 0.126 e. The number of nitrogens with two attached hydrogens (primary N) is 1. The highest BCUT2D eigenvalue weighted by atomic mass is 16.5. The van der Waals surface area contributed by atoms with Crippen molar-refractivity contribution in [2.75, 3.05) is 39.4 Å². The first-order valence-electron chi connectivity index (χ1n) is 8.14. The Kier molecular flexibility index (Phi) is 6.83. The van der Waals surface area contributed by atoms with E-state index in [1.165, 1.54) is 31.5 Å². The van der Waals surface area contributed by atoms with Crippen LogP contribution >= 0.6 is 0 Å². The van der Waals surface area contributed by atoms with Crippen LogP contribution in [-0.2, 0) is 6.42 Å². The van der Waals surface area contributed by atoms with Crippen molar-refractivity contribution in [2.24, 2.45) is 5.73 Å². The minimum atomic E-state index is 0.637. The monoisotopic (exact) mass is 292 g/mol. The summed E-state index contributed by atoms with van der Waals surface area (Å²) in [6.45, 7) is 7.63. The maximum absolute atomic E-state index is 6.00. The van der Waals surface area contributed by atoms with Crippen LogP contribution in [0.1, 0.15) is 31.7 Å². The van der Waals surface area contributed by atoms with Gasteiger partial charge in [-0.3, -0.25) is 4.90 Å². The number of benzene rings is 1. The summed E-state index contributed by atoms with van der Waals surface area (Å²) in [6, 6.07) is 6.08. The predicted molar refractivity (Wildman–Crippen MR) is 86.2 cm³/mol. The van der Waals surface area contributed by atoms with Crippen LogP contribution in [0.5, 0.6) is 11.5 Å². The Balaban J connectivity index is 1.92. The molecule has 0 unspecified atom stereocenters. The number of nitrogens with zero attached hydrogens (tertiary/aromatic N) is 1. The van der Waals surface area contributed by atoms with E-state index in [4.69, 9.17) is 15.2 Å². The first-order valence-corrected chi connectivity index (χ1v) is 8.14. The number of hydrogen-bond acceptors (Lipinski definition) is 4. The number of hydrogen-bond donors (Lipinski definition) is 1. The molecule has 0 aromatic heterocycles. The third kappa shape index (κ3) is 5.21. The lowest BCUT2D eigenvalue weighted by atomic mass is 10.1. The summed E-state index contributed by atoms with van der Waals surface area (Å²) in [4.78, 5) is 2.46. The van der Waals surface area contributed by atoms with E-state index in [-0.39, 0.29) is 0 Å². The quantitative estimate of drug-likeness (QED) is 0.759. The second kappa shape index (κ2) is 8.90. The van der Waals surface area contributed by atoms with Crippen LogP contribution in [0, 0.1) is 0 Å². The smallest absolute Gasteiger partial charge is 0.126 e. The first-order chi connectivity index (χ1) is 10.3. The van der Waals surface area contributed by atoms with Gasteiger partial charge < -0.3 is 15.2 Å². The van der Waals surface area contributed by atoms with Crippen LogP contribution in [0.4, 0.5) is 0 Å². The summed E-state index contributed by atoms with van der Waals surface area (Å²) >= 11 is 0. The Hall–Kier alpha value is -1.26. The molecule has 4 nitrogen and oxygen atoms in total. The van der Waals surface area contributed by atoms with Crippen LogP contribution in [-0.4, -0.2) is 44.3 Å². The minimum Gasteiger partial charge on any atom is -0.493 e. The Bertz CT molecular complexity index is 417. The second-order valence-corrected chi connectivity index (χ2v) is 5.55. The first kappa shape index (κ1) is 16.1. The van der Waals surface area contributed by atoms with Crippen LogP contribution < -0.4 is 15.2 Å². The van der Waals surface area contributed by atoms with E-state index in [2.05, 4.69) is 17.9 Å². The molecule has 1 aromatic carbocycles. The van der Waals surface area contributed by atoms with Gasteiger partial charge in [0.15, 0.2) is 0 Å². The molecule has 1 saturated heterocycles. The summed E-state index contributed by atoms with van der Waals surface area (Å²) in [5, 5.41) is 0. The Morgan fingerprint density at radius 1 is 1.14 bits per heavy atom. The average molecular weight is 292 g/mol. The van der Waals surface area contributed by atoms with E-state index in [1.807, 2.05) is 12.1 Å². The highest BCUT2D eigenvalue weighted by Crippen LogP contribution is 2.25. The number of rotatable bonds is 9. The van der Waals surface area contributed by atoms with Crippen molar-refractivity contribution in [3.63, 3.8) is 0 Å². The normalized spacial score (nSPS) is 15.3. The third-order valence-corrected chi connectivity index (χ3v) is 3.79. The van der Waals surface area contributed by atoms with Crippen molar-refractivity contribution in [3.05, 3.63) is 23.8 Å². The van der Waals surface area contributed by atoms with Gasteiger partial charge in [0.2, 0.25) is 0 Å². The molecule has 1 fully saturated rings. The van der Waals surface area contributed by atoms with Crippen LogP contribution in [0.3, 0.4) is 0 Å². The van der Waals surface area contributed by atoms with Gasteiger partial charge >= 0.3 is 0 Å². The van der Waals surface area contributed by atoms with E-state index in [0.29, 0.717) is 6.54 Å². The second-order valence-electron chi connectivity index (χ2n) is 5.55. The Morgan fingerprint density at radius 3 is 2.67 bits per heavy atom. The number of likely N-dealkylation sites (tertiary alicyclic amines) is 1. The van der Waals surface area contributed by atoms with Gasteiger partial charge in [0.1, 0.15) is 18.1 Å². The predicted octanol–water partition coefficient (Wildman–Crippen LogP) is 2.45. The Morgan fingerprint density at radius 2 is 1.95 bits per heavy atom. The molecule has 0 atom stereocenters. The lowest BCUT2D eigenvalue weighted by Gasteiger charge is -2.17. The van der Waals surface area contributed by atoms with E-state index in [0.717, 1.165) is 44.1 Å². The molecule has 4 heteroatoms. The molecule has 2 rings (SSSR count). The zero-order valence-electron chi connectivity index (χ0n) is 13.1. The van der Waals surface area contributed by atoms with E-state index < -0.39 is 0 Å². The van der Waals surface area contributed by atoms with Gasteiger partial charge in [-0.25, -0.2) is 0 Å². The topological polar surface area (TPSA) is 47.7 Å². The lowest BCUT2D eigenvalue weighted by Crippen LogP contribution is -2.25. The van der Waals surface area contributed by atoms with E-state index in [1.54, 1.807) is 0 Å². The molecule has 1 heterocycles. The minimum absolute atomic E-state index is 0.637. The molecule has 0 saturated carbocycles. The zero-order valence-corrected chi connectivity index (χ0v) is 13.1. The molecule has 1 aliphatic heterocycles. The van der Waals surface area contributed by atoms with Crippen molar-refractivity contribution in [2.45, 2.75) is 32.6 Å². The molecule has 2 N–H and O–H groups in total. The summed E-state index contributed by atoms with van der Waals surface area (Å²) < 4.78 is 11.7. The standard InChI is InChI=1S/C17H28N2O2/c1-2-12-20-16-6-5-15(7-8-18)17(14-16)21-13-11-19-9-3-4-10-19/h5-6,14H,2-4,7-13,18H2,1H3. The highest BCUT2D eigenvalue weighted by molar-refractivity contribution is 5.41. The van der Waals surface area contributed by atoms with E-state index in [9.17, 15) is 0 Å². The fraction of sp³-hybridized carbons (Fsp3) is 0.647. The maximum atomic E-state index is 6.00. The largest absolute Gasteiger partial charge is 0.493 e. The fourth-order valence-electron chi connectivity index (χ4n) is 2.63. The number of ether oxygens (including phenoxy) is 2. The van der Waals surface area contributed by atoms with Gasteiger partial charge in [-0.05, 0) is 56.9 Å². The highest BCUT2D eigenvalue weighted by Gasteiger charge is 2.12. The molecule has 0 spiro atoms. The molecule has 0 radical (unpaired) electrons. The summed E-state index contributed by atoms with van der Waals surface area (Å²) in [5.41, 5.74) is 6.85. The molecule has 0 amide bonds. The fourth-order valence-corrected chi connectivity index (χ4v) is 2.63. The molecular formula is C17H28N2O2. The molecule has 0 aliphatic carbocycles. The van der Waals surface area contributed by atoms with Crippen molar-refractivity contribution in [3.8, 4) is 11.5 Å². The van der Waals surface area contributed by atoms with E-state index >= 15 is 0 Å². The molecule has 21 heavy (non-hydrogen) atoms. The molecule has 0 bridgehead atoms. The van der Waals surface area contributed by atoms with Crippen LogP contribution in [0.2, 0.25) is 0 Å². The van der Waals surface area contributed by atoms with Gasteiger partial charge in [0, 0.05) is 12.6 Å². The Labute approximate surface area is 128 Å². The molecular weight excluding hydrogens is 264 g/mol. The van der Waals surface area contributed by atoms with Gasteiger partial charge in [0.05, 0.1) is 6.61 Å². The molecule has 118 valence electrons. The van der Waals surface area contributed by atoms with Crippen molar-refractivity contribution in [1.82, 2.24) is 4.90 Å².